The number of nitrogens with zero attached hydrogens (tertiary/aromatic N) is 1. The third-order valence-electron chi connectivity index (χ3n) is 3.24. The molecule has 1 amide bonds. The number of rotatable bonds is 9. The number of halogens is 2. The van der Waals surface area contributed by atoms with Crippen molar-refractivity contribution in [3.05, 3.63) is 59.9 Å². The summed E-state index contributed by atoms with van der Waals surface area (Å²) in [5.74, 6) is 1.69. The largest absolute Gasteiger partial charge is 0.326 e. The van der Waals surface area contributed by atoms with Crippen LogP contribution in [0.1, 0.15) is 24.6 Å². The van der Waals surface area contributed by atoms with Crippen LogP contribution in [0, 0.1) is 0 Å². The molecule has 2 N–H and O–H groups in total. The standard InChI is InChI=1S/C18H23N3OS.2ClH/c1-2-19-13-15-6-5-8-16(12-15)21-18(22)9-11-23-14-17-7-3-4-10-20-17;;/h3-8,10,12,19H,2,9,11,13-14H2,1H3,(H,21,22);2*1H. The second-order valence-corrected chi connectivity index (χ2v) is 6.26. The van der Waals surface area contributed by atoms with Crippen LogP contribution in [0.5, 0.6) is 0 Å². The minimum absolute atomic E-state index is 0. The van der Waals surface area contributed by atoms with Crippen molar-refractivity contribution < 1.29 is 4.79 Å². The molecule has 2 aromatic rings. The van der Waals surface area contributed by atoms with Crippen LogP contribution in [0.3, 0.4) is 0 Å². The number of hydrogen-bond donors (Lipinski definition) is 2. The summed E-state index contributed by atoms with van der Waals surface area (Å²) in [5.41, 5.74) is 3.09. The van der Waals surface area contributed by atoms with Gasteiger partial charge in [-0.15, -0.1) is 24.8 Å². The van der Waals surface area contributed by atoms with E-state index in [-0.39, 0.29) is 30.7 Å². The third-order valence-corrected chi connectivity index (χ3v) is 4.23. The maximum absolute atomic E-state index is 12.0. The first-order valence-electron chi connectivity index (χ1n) is 7.85. The summed E-state index contributed by atoms with van der Waals surface area (Å²) in [6.45, 7) is 3.83. The fraction of sp³-hybridized carbons (Fsp3) is 0.333. The first kappa shape index (κ1) is 23.7. The second-order valence-electron chi connectivity index (χ2n) is 5.15. The molecule has 0 aliphatic carbocycles. The van der Waals surface area contributed by atoms with Crippen molar-refractivity contribution >= 4 is 48.2 Å². The van der Waals surface area contributed by atoms with Gasteiger partial charge in [0, 0.05) is 36.4 Å². The second kappa shape index (κ2) is 14.0. The number of carbonyl (C=O) groups is 1. The molecule has 1 aromatic heterocycles. The molecule has 0 unspecified atom stereocenters. The predicted molar refractivity (Wildman–Crippen MR) is 112 cm³/mol. The Labute approximate surface area is 166 Å². The monoisotopic (exact) mass is 401 g/mol. The molecule has 0 bridgehead atoms. The quantitative estimate of drug-likeness (QED) is 0.615. The number of amides is 1. The van der Waals surface area contributed by atoms with Gasteiger partial charge >= 0.3 is 0 Å². The average molecular weight is 402 g/mol. The van der Waals surface area contributed by atoms with Crippen LogP contribution >= 0.6 is 36.6 Å². The zero-order chi connectivity index (χ0) is 16.3. The van der Waals surface area contributed by atoms with Crippen molar-refractivity contribution in [2.24, 2.45) is 0 Å². The summed E-state index contributed by atoms with van der Waals surface area (Å²) < 4.78 is 0. The van der Waals surface area contributed by atoms with E-state index in [1.54, 1.807) is 18.0 Å². The van der Waals surface area contributed by atoms with Gasteiger partial charge in [0.2, 0.25) is 5.91 Å². The van der Waals surface area contributed by atoms with Crippen LogP contribution in [0.25, 0.3) is 0 Å². The van der Waals surface area contributed by atoms with Crippen LogP contribution in [-0.2, 0) is 17.1 Å². The van der Waals surface area contributed by atoms with Crippen molar-refractivity contribution in [1.29, 1.82) is 0 Å². The number of pyridine rings is 1. The van der Waals surface area contributed by atoms with Crippen molar-refractivity contribution in [2.45, 2.75) is 25.6 Å². The smallest absolute Gasteiger partial charge is 0.225 e. The van der Waals surface area contributed by atoms with Gasteiger partial charge in [-0.2, -0.15) is 11.8 Å². The Morgan fingerprint density at radius 1 is 1.16 bits per heavy atom. The first-order valence-corrected chi connectivity index (χ1v) is 9.00. The number of anilines is 1. The van der Waals surface area contributed by atoms with E-state index >= 15 is 0 Å². The Morgan fingerprint density at radius 3 is 2.72 bits per heavy atom. The van der Waals surface area contributed by atoms with Crippen LogP contribution in [-0.4, -0.2) is 23.2 Å². The Balaban J connectivity index is 0.00000288. The third kappa shape index (κ3) is 9.70. The van der Waals surface area contributed by atoms with Crippen LogP contribution < -0.4 is 10.6 Å². The van der Waals surface area contributed by atoms with Crippen molar-refractivity contribution in [1.82, 2.24) is 10.3 Å². The highest BCUT2D eigenvalue weighted by atomic mass is 35.5. The number of nitrogens with one attached hydrogen (secondary N) is 2. The Bertz CT molecular complexity index is 614. The molecule has 0 aliphatic rings. The molecule has 0 saturated heterocycles. The molecular formula is C18H25Cl2N3OS. The molecule has 0 fully saturated rings. The van der Waals surface area contributed by atoms with Gasteiger partial charge in [0.15, 0.2) is 0 Å². The Morgan fingerprint density at radius 2 is 2.00 bits per heavy atom. The lowest BCUT2D eigenvalue weighted by Gasteiger charge is -2.08. The van der Waals surface area contributed by atoms with Gasteiger partial charge in [-0.3, -0.25) is 9.78 Å². The average Bonchev–Trinajstić information content (AvgIpc) is 2.58. The van der Waals surface area contributed by atoms with Gasteiger partial charge in [-0.1, -0.05) is 25.1 Å². The van der Waals surface area contributed by atoms with E-state index in [1.165, 1.54) is 5.56 Å². The van der Waals surface area contributed by atoms with Gasteiger partial charge in [-0.05, 0) is 36.4 Å². The highest BCUT2D eigenvalue weighted by Crippen LogP contribution is 2.13. The Hall–Kier alpha value is -1.27. The molecule has 0 spiro atoms. The van der Waals surface area contributed by atoms with Crippen LogP contribution in [0.2, 0.25) is 0 Å². The molecule has 0 saturated carbocycles. The topological polar surface area (TPSA) is 54.0 Å². The fourth-order valence-electron chi connectivity index (χ4n) is 2.08. The lowest BCUT2D eigenvalue weighted by molar-refractivity contribution is -0.115. The fourth-order valence-corrected chi connectivity index (χ4v) is 2.93. The molecule has 0 aliphatic heterocycles. The first-order chi connectivity index (χ1) is 11.3. The van der Waals surface area contributed by atoms with E-state index in [0.717, 1.165) is 36.0 Å². The highest BCUT2D eigenvalue weighted by Gasteiger charge is 2.04. The number of aromatic nitrogens is 1. The predicted octanol–water partition coefficient (Wildman–Crippen LogP) is 4.30. The molecule has 2 rings (SSSR count). The zero-order valence-electron chi connectivity index (χ0n) is 14.2. The summed E-state index contributed by atoms with van der Waals surface area (Å²) in [6, 6.07) is 13.9. The highest BCUT2D eigenvalue weighted by molar-refractivity contribution is 7.98. The van der Waals surface area contributed by atoms with Crippen molar-refractivity contribution in [3.63, 3.8) is 0 Å². The minimum atomic E-state index is 0. The van der Waals surface area contributed by atoms with E-state index in [9.17, 15) is 4.79 Å². The lowest BCUT2D eigenvalue weighted by atomic mass is 10.2. The van der Waals surface area contributed by atoms with Gasteiger partial charge in [0.25, 0.3) is 0 Å². The molecule has 7 heteroatoms. The van der Waals surface area contributed by atoms with E-state index in [4.69, 9.17) is 0 Å². The summed E-state index contributed by atoms with van der Waals surface area (Å²) >= 11 is 1.73. The molecular weight excluding hydrogens is 377 g/mol. The van der Waals surface area contributed by atoms with Crippen molar-refractivity contribution in [3.8, 4) is 0 Å². The van der Waals surface area contributed by atoms with Crippen LogP contribution in [0.4, 0.5) is 5.69 Å². The maximum Gasteiger partial charge on any atom is 0.225 e. The number of carbonyl (C=O) groups excluding carboxylic acids is 1. The summed E-state index contributed by atoms with van der Waals surface area (Å²) in [6.07, 6.45) is 2.30. The SMILES string of the molecule is CCNCc1cccc(NC(=O)CCSCc2ccccn2)c1.Cl.Cl. The number of hydrogen-bond acceptors (Lipinski definition) is 4. The van der Waals surface area contributed by atoms with E-state index < -0.39 is 0 Å². The minimum Gasteiger partial charge on any atom is -0.326 e. The summed E-state index contributed by atoms with van der Waals surface area (Å²) in [7, 11) is 0. The molecule has 0 radical (unpaired) electrons. The zero-order valence-corrected chi connectivity index (χ0v) is 16.7. The van der Waals surface area contributed by atoms with E-state index in [1.807, 2.05) is 36.4 Å². The normalized spacial score (nSPS) is 9.64. The maximum atomic E-state index is 12.0. The van der Waals surface area contributed by atoms with Crippen molar-refractivity contribution in [2.75, 3.05) is 17.6 Å². The molecule has 1 aromatic carbocycles. The number of thioether (sulfide) groups is 1. The van der Waals surface area contributed by atoms with Gasteiger partial charge < -0.3 is 10.6 Å². The molecule has 138 valence electrons. The van der Waals surface area contributed by atoms with Gasteiger partial charge in [-0.25, -0.2) is 0 Å². The molecule has 4 nitrogen and oxygen atoms in total. The molecule has 1 heterocycles. The van der Waals surface area contributed by atoms with Crippen LogP contribution in [0.15, 0.2) is 48.7 Å². The summed E-state index contributed by atoms with van der Waals surface area (Å²) in [4.78, 5) is 16.3. The lowest BCUT2D eigenvalue weighted by Crippen LogP contribution is -2.14. The molecule has 0 atom stereocenters. The molecule has 25 heavy (non-hydrogen) atoms. The van der Waals surface area contributed by atoms with E-state index in [2.05, 4.69) is 28.6 Å². The number of benzene rings is 1. The van der Waals surface area contributed by atoms with E-state index in [0.29, 0.717) is 6.42 Å². The van der Waals surface area contributed by atoms with Gasteiger partial charge in [0.05, 0.1) is 5.69 Å². The summed E-state index contributed by atoms with van der Waals surface area (Å²) in [5, 5.41) is 6.24. The Kier molecular flexibility index (Phi) is 13.2. The van der Waals surface area contributed by atoms with Gasteiger partial charge in [0.1, 0.15) is 0 Å².